The average molecular weight is 1010 g/mol. The first kappa shape index (κ1) is 76.8. The third-order valence-electron chi connectivity index (χ3n) is 9.15. The fourth-order valence-corrected chi connectivity index (χ4v) is 7.40. The van der Waals surface area contributed by atoms with Crippen LogP contribution in [0.3, 0.4) is 0 Å². The van der Waals surface area contributed by atoms with Gasteiger partial charge < -0.3 is 23.8 Å². The summed E-state index contributed by atoms with van der Waals surface area (Å²) < 4.78 is 22.3. The van der Waals surface area contributed by atoms with Crippen molar-refractivity contribution in [2.24, 2.45) is 0 Å². The van der Waals surface area contributed by atoms with Crippen molar-refractivity contribution in [3.8, 4) is 0 Å². The molecule has 5 nitrogen and oxygen atoms in total. The summed E-state index contributed by atoms with van der Waals surface area (Å²) in [6.07, 6.45) is 11.9. The maximum atomic E-state index is 12.0. The number of allylic oxidation sites excluding steroid dienone is 6. The predicted octanol–water partition coefficient (Wildman–Crippen LogP) is 7.31. The van der Waals surface area contributed by atoms with Gasteiger partial charge in [0, 0.05) is 25.9 Å². The molecule has 70 heavy (non-hydrogen) atoms. The molecule has 0 bridgehead atoms. The zero-order valence-electron chi connectivity index (χ0n) is 45.6. The van der Waals surface area contributed by atoms with E-state index in [4.69, 9.17) is 0 Å². The van der Waals surface area contributed by atoms with Crippen molar-refractivity contribution in [3.05, 3.63) is 252 Å². The Balaban J connectivity index is -0.000000239. The van der Waals surface area contributed by atoms with E-state index >= 15 is 0 Å². The van der Waals surface area contributed by atoms with Gasteiger partial charge in [-0.2, -0.15) is 0 Å². The summed E-state index contributed by atoms with van der Waals surface area (Å²) >= 11 is 0. The van der Waals surface area contributed by atoms with E-state index in [0.29, 0.717) is 23.3 Å². The minimum absolute atomic E-state index is 0. The second kappa shape index (κ2) is 50.4. The number of hydrogen-bond donors (Lipinski definition) is 0. The van der Waals surface area contributed by atoms with E-state index in [-0.39, 0.29) is 101 Å². The molecule has 0 atom stereocenters. The van der Waals surface area contributed by atoms with Gasteiger partial charge in [0.25, 0.3) is 0 Å². The van der Waals surface area contributed by atoms with Gasteiger partial charge in [-0.25, -0.2) is 0 Å². The Bertz CT molecular complexity index is 2000. The minimum Gasteiger partial charge on any atom is -0.810 e. The van der Waals surface area contributed by atoms with E-state index in [1.807, 2.05) is 157 Å². The van der Waals surface area contributed by atoms with Crippen LogP contribution in [0.4, 0.5) is 0 Å². The van der Waals surface area contributed by atoms with Crippen molar-refractivity contribution in [2.45, 2.75) is 119 Å². The Morgan fingerprint density at radius 3 is 0.643 bits per heavy atom. The molecule has 0 aliphatic carbocycles. The molecule has 0 heterocycles. The Kier molecular flexibility index (Phi) is 55.3. The molecule has 0 saturated carbocycles. The van der Waals surface area contributed by atoms with Crippen molar-refractivity contribution in [2.75, 3.05) is 0 Å². The minimum atomic E-state index is -4.39. The third kappa shape index (κ3) is 48.2. The molecule has 0 aliphatic rings. The van der Waals surface area contributed by atoms with Gasteiger partial charge in [-0.3, -0.25) is 0 Å². The number of hydrogen-bond acceptors (Lipinski definition) is 5. The molecule has 0 unspecified atom stereocenters. The fraction of sp³-hybridized carbons (Fsp3) is 0.300. The zero-order valence-corrected chi connectivity index (χ0v) is 53.4. The van der Waals surface area contributed by atoms with Crippen molar-refractivity contribution < 1.29 is 112 Å². The third-order valence-corrected chi connectivity index (χ3v) is 11.6. The SMILES string of the molecule is CC(C)c1ccccc1.CC(C)c1ccccc1.CC(C)c1ccccc1.CC=CC.CC=CC.CC=CC.O=P([O-])(Cc1ccccc1)Cc1ccccc1.O=P([O-])([O-])Cc1ccccc1.[Na+].[Na+].[Na+]. The first-order chi connectivity index (χ1) is 31.9. The molecule has 6 aromatic rings. The standard InChI is InChI=1S/C14H15O2P.3C9H12.C7H9O3P.3C4H8.3Na/c15-17(16,11-13-7-3-1-4-8-13)12-14-9-5-2-6-10-14;3*1-8(2)9-6-4-3-5-7-9;8-11(9,10)6-7-4-2-1-3-5-7;3*1-3-4-2;;;/h1-10H,11-12H2,(H,15,16);3*3-8H,1-2H3;1-5H,6H2,(H2,8,9,10);3*3-4H,1-2H3;;;/q;;;;;;;;3*+1/p-3. The van der Waals surface area contributed by atoms with Crippen LogP contribution in [0.2, 0.25) is 0 Å². The topological polar surface area (TPSA) is 103 Å². The molecule has 0 amide bonds. The first-order valence-corrected chi connectivity index (χ1v) is 26.9. The van der Waals surface area contributed by atoms with E-state index in [1.54, 1.807) is 30.3 Å². The molecule has 0 aliphatic heterocycles. The van der Waals surface area contributed by atoms with Gasteiger partial charge in [-0.15, -0.1) is 0 Å². The molecule has 6 aromatic carbocycles. The van der Waals surface area contributed by atoms with Crippen molar-refractivity contribution >= 4 is 15.0 Å². The largest absolute Gasteiger partial charge is 1.00 e. The quantitative estimate of drug-likeness (QED) is 0.0860. The van der Waals surface area contributed by atoms with Crippen molar-refractivity contribution in [3.63, 3.8) is 0 Å². The summed E-state index contributed by atoms with van der Waals surface area (Å²) in [5.74, 6) is 1.98. The Labute approximate surface area is 493 Å². The molecule has 0 fully saturated rings. The molecule has 0 aromatic heterocycles. The summed E-state index contributed by atoms with van der Waals surface area (Å²) in [5.41, 5.74) is 6.48. The number of rotatable bonds is 9. The van der Waals surface area contributed by atoms with Gasteiger partial charge in [0.2, 0.25) is 0 Å². The predicted molar refractivity (Wildman–Crippen MR) is 289 cm³/mol. The Morgan fingerprint density at radius 2 is 0.500 bits per heavy atom. The molecule has 6 rings (SSSR count). The summed E-state index contributed by atoms with van der Waals surface area (Å²) in [7, 11) is -7.77. The van der Waals surface area contributed by atoms with Crippen LogP contribution >= 0.6 is 15.0 Å². The van der Waals surface area contributed by atoms with Crippen molar-refractivity contribution in [1.82, 2.24) is 0 Å². The molecule has 0 N–H and O–H groups in total. The van der Waals surface area contributed by atoms with Crippen LogP contribution in [0.5, 0.6) is 0 Å². The fourth-order valence-electron chi connectivity index (χ4n) is 5.10. The first-order valence-electron chi connectivity index (χ1n) is 23.2. The van der Waals surface area contributed by atoms with Crippen LogP contribution in [0.15, 0.2) is 218 Å². The smallest absolute Gasteiger partial charge is 0.810 e. The molecule has 0 saturated heterocycles. The van der Waals surface area contributed by atoms with Gasteiger partial charge in [0.15, 0.2) is 0 Å². The maximum Gasteiger partial charge on any atom is 1.00 e. The van der Waals surface area contributed by atoms with E-state index in [0.717, 1.165) is 11.1 Å². The number of benzene rings is 6. The van der Waals surface area contributed by atoms with Gasteiger partial charge in [-0.1, -0.05) is 268 Å². The molecule has 0 radical (unpaired) electrons. The normalized spacial score (nSPS) is 10.1. The van der Waals surface area contributed by atoms with Crippen molar-refractivity contribution in [1.29, 1.82) is 0 Å². The van der Waals surface area contributed by atoms with Gasteiger partial charge in [-0.05, 0) is 92.7 Å². The summed E-state index contributed by atoms with van der Waals surface area (Å²) in [6.45, 7) is 25.2. The molecular weight excluding hydrogens is 932 g/mol. The van der Waals surface area contributed by atoms with Crippen LogP contribution in [-0.4, -0.2) is 0 Å². The molecule has 0 spiro atoms. The molecule has 10 heteroatoms. The average Bonchev–Trinajstić information content (AvgIpc) is 3.33. The Hall–Kier alpha value is -2.12. The van der Waals surface area contributed by atoms with Crippen LogP contribution in [0, 0.1) is 0 Å². The summed E-state index contributed by atoms with van der Waals surface area (Å²) in [5, 5.41) is 0. The second-order valence-corrected chi connectivity index (χ2v) is 19.9. The van der Waals surface area contributed by atoms with Crippen LogP contribution < -0.4 is 103 Å². The van der Waals surface area contributed by atoms with E-state index in [1.165, 1.54) is 16.7 Å². The van der Waals surface area contributed by atoms with Crippen LogP contribution in [0.1, 0.15) is 134 Å². The zero-order chi connectivity index (χ0) is 50.8. The van der Waals surface area contributed by atoms with Gasteiger partial charge in [0.05, 0.1) is 0 Å². The monoisotopic (exact) mass is 1010 g/mol. The van der Waals surface area contributed by atoms with E-state index in [2.05, 4.69) is 114 Å². The second-order valence-electron chi connectivity index (χ2n) is 16.1. The van der Waals surface area contributed by atoms with E-state index in [9.17, 15) is 23.8 Å². The maximum absolute atomic E-state index is 12.0. The van der Waals surface area contributed by atoms with E-state index < -0.39 is 21.1 Å². The van der Waals surface area contributed by atoms with Gasteiger partial charge in [0.1, 0.15) is 0 Å². The summed E-state index contributed by atoms with van der Waals surface area (Å²) in [4.78, 5) is 32.5. The molecular formula is C60H81Na3O5P2. The molecule has 364 valence electrons. The van der Waals surface area contributed by atoms with Gasteiger partial charge >= 0.3 is 88.7 Å². The Morgan fingerprint density at radius 1 is 0.329 bits per heavy atom. The van der Waals surface area contributed by atoms with Crippen LogP contribution in [-0.2, 0) is 27.6 Å². The van der Waals surface area contributed by atoms with Crippen LogP contribution in [0.25, 0.3) is 0 Å². The summed E-state index contributed by atoms with van der Waals surface area (Å²) in [6, 6.07) is 58.5.